The van der Waals surface area contributed by atoms with Crippen molar-refractivity contribution in [3.8, 4) is 0 Å². The van der Waals surface area contributed by atoms with Crippen molar-refractivity contribution in [2.75, 3.05) is 67.4 Å². The lowest BCUT2D eigenvalue weighted by molar-refractivity contribution is -0.141. The Hall–Kier alpha value is -0.730. The second-order valence-corrected chi connectivity index (χ2v) is 4.34. The lowest BCUT2D eigenvalue weighted by Crippen LogP contribution is -2.38. The Kier molecular flexibility index (Phi) is 12.8. The molecule has 1 unspecified atom stereocenters. The third-order valence-electron chi connectivity index (χ3n) is 2.68. The Labute approximate surface area is 120 Å². The van der Waals surface area contributed by atoms with Crippen molar-refractivity contribution in [2.45, 2.75) is 12.5 Å². The number of nitrogens with zero attached hydrogens (tertiary/aromatic N) is 1. The van der Waals surface area contributed by atoms with Crippen molar-refractivity contribution in [1.82, 2.24) is 4.90 Å². The minimum absolute atomic E-state index is 0.241. The van der Waals surface area contributed by atoms with Gasteiger partial charge in [-0.1, -0.05) is 0 Å². The number of hydrogen-bond donors (Lipinski definition) is 1. The Balaban J connectivity index is 3.95. The minimum atomic E-state index is -0.610. The Morgan fingerprint density at radius 3 is 2.40 bits per heavy atom. The number of rotatable bonds is 13. The number of methoxy groups -OCH3 is 3. The summed E-state index contributed by atoms with van der Waals surface area (Å²) in [5.41, 5.74) is 0. The van der Waals surface area contributed by atoms with Crippen LogP contribution in [0.5, 0.6) is 0 Å². The first-order chi connectivity index (χ1) is 9.63. The average molecular weight is 293 g/mol. The first-order valence-corrected chi connectivity index (χ1v) is 6.66. The summed E-state index contributed by atoms with van der Waals surface area (Å²) in [6.45, 7) is 3.32. The highest BCUT2D eigenvalue weighted by molar-refractivity contribution is 5.69. The number of aliphatic hydroxyl groups excluding tert-OH is 1. The summed E-state index contributed by atoms with van der Waals surface area (Å²) in [5.74, 6) is -0.266. The van der Waals surface area contributed by atoms with E-state index in [1.54, 1.807) is 14.2 Å². The van der Waals surface area contributed by atoms with Gasteiger partial charge >= 0.3 is 5.97 Å². The summed E-state index contributed by atoms with van der Waals surface area (Å²) < 4.78 is 19.7. The van der Waals surface area contributed by atoms with Gasteiger partial charge in [-0.3, -0.25) is 9.69 Å². The van der Waals surface area contributed by atoms with Crippen molar-refractivity contribution in [3.05, 3.63) is 0 Å². The zero-order chi connectivity index (χ0) is 15.2. The smallest absolute Gasteiger partial charge is 0.306 e. The van der Waals surface area contributed by atoms with Crippen molar-refractivity contribution in [1.29, 1.82) is 0 Å². The second-order valence-electron chi connectivity index (χ2n) is 4.34. The van der Waals surface area contributed by atoms with Gasteiger partial charge in [0.1, 0.15) is 0 Å². The quantitative estimate of drug-likeness (QED) is 0.363. The van der Waals surface area contributed by atoms with E-state index in [1.165, 1.54) is 7.11 Å². The molecule has 20 heavy (non-hydrogen) atoms. The number of carbonyl (C=O) groups is 1. The number of ether oxygens (including phenoxy) is 4. The van der Waals surface area contributed by atoms with Crippen LogP contribution in [0.15, 0.2) is 0 Å². The Morgan fingerprint density at radius 2 is 1.80 bits per heavy atom. The maximum absolute atomic E-state index is 11.1. The largest absolute Gasteiger partial charge is 0.469 e. The molecule has 0 fully saturated rings. The van der Waals surface area contributed by atoms with E-state index in [-0.39, 0.29) is 19.0 Å². The summed E-state index contributed by atoms with van der Waals surface area (Å²) in [5, 5.41) is 9.88. The summed E-state index contributed by atoms with van der Waals surface area (Å²) in [7, 11) is 4.57. The number of carbonyl (C=O) groups excluding carboxylic acids is 1. The van der Waals surface area contributed by atoms with Crippen LogP contribution >= 0.6 is 0 Å². The van der Waals surface area contributed by atoms with Gasteiger partial charge in [-0.15, -0.1) is 0 Å². The Morgan fingerprint density at radius 1 is 1.10 bits per heavy atom. The van der Waals surface area contributed by atoms with Gasteiger partial charge < -0.3 is 24.1 Å². The molecular weight excluding hydrogens is 266 g/mol. The number of hydrogen-bond acceptors (Lipinski definition) is 7. The molecule has 7 heteroatoms. The van der Waals surface area contributed by atoms with Crippen LogP contribution in [0.1, 0.15) is 6.42 Å². The molecule has 1 N–H and O–H groups in total. The molecule has 0 saturated heterocycles. The van der Waals surface area contributed by atoms with E-state index in [1.807, 2.05) is 4.90 Å². The van der Waals surface area contributed by atoms with E-state index in [0.717, 1.165) is 0 Å². The van der Waals surface area contributed by atoms with Crippen LogP contribution in [-0.2, 0) is 23.7 Å². The Bertz CT molecular complexity index is 239. The molecule has 0 aromatic rings. The first-order valence-electron chi connectivity index (χ1n) is 6.66. The molecule has 0 aromatic carbocycles. The molecular formula is C13H27NO6. The van der Waals surface area contributed by atoms with Gasteiger partial charge in [0.25, 0.3) is 0 Å². The lowest BCUT2D eigenvalue weighted by Gasteiger charge is -2.24. The third kappa shape index (κ3) is 11.1. The zero-order valence-corrected chi connectivity index (χ0v) is 12.7. The molecule has 0 aliphatic carbocycles. The molecule has 0 rings (SSSR count). The fourth-order valence-corrected chi connectivity index (χ4v) is 1.58. The summed E-state index contributed by atoms with van der Waals surface area (Å²) in [4.78, 5) is 13.1. The van der Waals surface area contributed by atoms with Crippen molar-refractivity contribution in [2.24, 2.45) is 0 Å². The first kappa shape index (κ1) is 19.3. The van der Waals surface area contributed by atoms with Crippen LogP contribution in [0.4, 0.5) is 0 Å². The molecule has 0 radical (unpaired) electrons. The molecule has 0 saturated carbocycles. The topological polar surface area (TPSA) is 77.5 Å². The lowest BCUT2D eigenvalue weighted by atomic mass is 10.3. The second kappa shape index (κ2) is 13.3. The number of aliphatic hydroxyl groups is 1. The SMILES string of the molecule is COCCOCC(O)CN(CCOC)CCC(=O)OC. The summed E-state index contributed by atoms with van der Waals surface area (Å²) >= 11 is 0. The van der Waals surface area contributed by atoms with Crippen molar-refractivity contribution >= 4 is 5.97 Å². The molecule has 7 nitrogen and oxygen atoms in total. The molecule has 0 spiro atoms. The van der Waals surface area contributed by atoms with Gasteiger partial charge in [0, 0.05) is 33.9 Å². The molecule has 1 atom stereocenters. The van der Waals surface area contributed by atoms with Gasteiger partial charge in [0.05, 0.1) is 46.1 Å². The molecule has 120 valence electrons. The van der Waals surface area contributed by atoms with Crippen LogP contribution in [0.2, 0.25) is 0 Å². The van der Waals surface area contributed by atoms with Gasteiger partial charge in [-0.25, -0.2) is 0 Å². The highest BCUT2D eigenvalue weighted by Crippen LogP contribution is 1.98. The maximum Gasteiger partial charge on any atom is 0.306 e. The van der Waals surface area contributed by atoms with Gasteiger partial charge in [0.15, 0.2) is 0 Å². The standard InChI is InChI=1S/C13H27NO6/c1-17-7-6-14(5-4-13(16)19-3)10-12(15)11-20-9-8-18-2/h12,15H,4-11H2,1-3H3. The van der Waals surface area contributed by atoms with E-state index >= 15 is 0 Å². The minimum Gasteiger partial charge on any atom is -0.469 e. The summed E-state index contributed by atoms with van der Waals surface area (Å²) in [6, 6.07) is 0. The van der Waals surface area contributed by atoms with E-state index in [2.05, 4.69) is 4.74 Å². The highest BCUT2D eigenvalue weighted by atomic mass is 16.5. The van der Waals surface area contributed by atoms with Crippen LogP contribution in [-0.4, -0.2) is 89.5 Å². The van der Waals surface area contributed by atoms with Crippen LogP contribution in [0, 0.1) is 0 Å². The van der Waals surface area contributed by atoms with E-state index in [0.29, 0.717) is 39.5 Å². The number of esters is 1. The van der Waals surface area contributed by atoms with E-state index < -0.39 is 6.10 Å². The molecule has 0 amide bonds. The molecule has 0 bridgehead atoms. The molecule has 0 aliphatic rings. The van der Waals surface area contributed by atoms with Crippen LogP contribution < -0.4 is 0 Å². The van der Waals surface area contributed by atoms with Gasteiger partial charge in [-0.05, 0) is 0 Å². The maximum atomic E-state index is 11.1. The normalized spacial score (nSPS) is 12.7. The molecule has 0 aliphatic heterocycles. The van der Waals surface area contributed by atoms with Crippen molar-refractivity contribution in [3.63, 3.8) is 0 Å². The monoisotopic (exact) mass is 293 g/mol. The molecule has 0 heterocycles. The van der Waals surface area contributed by atoms with Gasteiger partial charge in [-0.2, -0.15) is 0 Å². The average Bonchev–Trinajstić information content (AvgIpc) is 2.46. The van der Waals surface area contributed by atoms with Crippen molar-refractivity contribution < 1.29 is 28.8 Å². The van der Waals surface area contributed by atoms with E-state index in [9.17, 15) is 9.90 Å². The predicted octanol–water partition coefficient (Wildman–Crippen LogP) is -0.478. The third-order valence-corrected chi connectivity index (χ3v) is 2.68. The molecule has 0 aromatic heterocycles. The fraction of sp³-hybridized carbons (Fsp3) is 0.923. The van der Waals surface area contributed by atoms with E-state index in [4.69, 9.17) is 14.2 Å². The highest BCUT2D eigenvalue weighted by Gasteiger charge is 2.13. The zero-order valence-electron chi connectivity index (χ0n) is 12.7. The fourth-order valence-electron chi connectivity index (χ4n) is 1.58. The van der Waals surface area contributed by atoms with Gasteiger partial charge in [0.2, 0.25) is 0 Å². The summed E-state index contributed by atoms with van der Waals surface area (Å²) in [6.07, 6.45) is -0.321. The predicted molar refractivity (Wildman–Crippen MR) is 73.7 cm³/mol. The van der Waals surface area contributed by atoms with Crippen LogP contribution in [0.25, 0.3) is 0 Å². The van der Waals surface area contributed by atoms with Crippen LogP contribution in [0.3, 0.4) is 0 Å².